The number of aromatic hydroxyl groups is 1. The lowest BCUT2D eigenvalue weighted by molar-refractivity contribution is 0.0697. The van der Waals surface area contributed by atoms with Crippen LogP contribution < -0.4 is 0 Å². The fraction of sp³-hybridized carbons (Fsp3) is 0. The van der Waals surface area contributed by atoms with Crippen LogP contribution in [0.25, 0.3) is 10.8 Å². The van der Waals surface area contributed by atoms with Crippen molar-refractivity contribution in [2.24, 2.45) is 0 Å². The molecule has 2 N–H and O–H groups in total. The Bertz CT molecular complexity index is 556. The van der Waals surface area contributed by atoms with Crippen molar-refractivity contribution in [1.82, 2.24) is 10.2 Å². The van der Waals surface area contributed by atoms with E-state index in [0.29, 0.717) is 5.39 Å². The van der Waals surface area contributed by atoms with Crippen LogP contribution in [0.1, 0.15) is 10.4 Å². The van der Waals surface area contributed by atoms with Crippen molar-refractivity contribution >= 4 is 28.3 Å². The van der Waals surface area contributed by atoms with Gasteiger partial charge in [-0.3, -0.25) is 0 Å². The molecule has 0 unspecified atom stereocenters. The summed E-state index contributed by atoms with van der Waals surface area (Å²) < 4.78 is 0. The Labute approximate surface area is 88.9 Å². The molecule has 0 aliphatic rings. The van der Waals surface area contributed by atoms with Gasteiger partial charge in [0.05, 0.1) is 5.56 Å². The molecule has 0 saturated carbocycles. The van der Waals surface area contributed by atoms with Gasteiger partial charge in [0.15, 0.2) is 5.15 Å². The molecule has 1 aromatic heterocycles. The molecule has 5 nitrogen and oxygen atoms in total. The number of halogens is 1. The standard InChI is InChI=1S/C9H5ClN2O3/c10-7-5-2-1-4(9(14)15)3-6(5)8(13)12-11-7/h1-3H,(H,12,13)(H,14,15). The van der Waals surface area contributed by atoms with E-state index >= 15 is 0 Å². The number of hydrogen-bond acceptors (Lipinski definition) is 4. The summed E-state index contributed by atoms with van der Waals surface area (Å²) in [6.45, 7) is 0. The first-order chi connectivity index (χ1) is 7.09. The number of carboxylic acid groups (broad SMARTS) is 1. The average Bonchev–Trinajstić information content (AvgIpc) is 2.23. The first kappa shape index (κ1) is 9.67. The molecule has 2 rings (SSSR count). The molecule has 0 spiro atoms. The second kappa shape index (κ2) is 3.36. The quantitative estimate of drug-likeness (QED) is 0.770. The van der Waals surface area contributed by atoms with Crippen LogP contribution in [0.3, 0.4) is 0 Å². The van der Waals surface area contributed by atoms with E-state index < -0.39 is 5.97 Å². The minimum Gasteiger partial charge on any atom is -0.492 e. The van der Waals surface area contributed by atoms with E-state index in [1.807, 2.05) is 0 Å². The summed E-state index contributed by atoms with van der Waals surface area (Å²) in [5, 5.41) is 25.9. The summed E-state index contributed by atoms with van der Waals surface area (Å²) in [7, 11) is 0. The summed E-state index contributed by atoms with van der Waals surface area (Å²) in [4.78, 5) is 10.7. The summed E-state index contributed by atoms with van der Waals surface area (Å²) >= 11 is 5.73. The largest absolute Gasteiger partial charge is 0.492 e. The Kier molecular flexibility index (Phi) is 2.17. The molecule has 0 fully saturated rings. The predicted octanol–water partition coefficient (Wildman–Crippen LogP) is 1.69. The van der Waals surface area contributed by atoms with E-state index in [0.717, 1.165) is 0 Å². The minimum atomic E-state index is -1.08. The molecule has 0 saturated heterocycles. The second-order valence-corrected chi connectivity index (χ2v) is 3.24. The lowest BCUT2D eigenvalue weighted by Crippen LogP contribution is -1.96. The van der Waals surface area contributed by atoms with Crippen molar-refractivity contribution < 1.29 is 15.0 Å². The van der Waals surface area contributed by atoms with E-state index in [9.17, 15) is 9.90 Å². The van der Waals surface area contributed by atoms with E-state index in [-0.39, 0.29) is 22.0 Å². The molecule has 2 aromatic rings. The zero-order valence-corrected chi connectivity index (χ0v) is 8.06. The Morgan fingerprint density at radius 3 is 2.67 bits per heavy atom. The molecule has 15 heavy (non-hydrogen) atoms. The van der Waals surface area contributed by atoms with Crippen LogP contribution in [0.5, 0.6) is 5.88 Å². The lowest BCUT2D eigenvalue weighted by Gasteiger charge is -2.01. The van der Waals surface area contributed by atoms with Gasteiger partial charge in [-0.05, 0) is 12.1 Å². The molecular weight excluding hydrogens is 220 g/mol. The van der Waals surface area contributed by atoms with Crippen molar-refractivity contribution in [2.75, 3.05) is 0 Å². The Hall–Kier alpha value is -1.88. The van der Waals surface area contributed by atoms with Gasteiger partial charge < -0.3 is 10.2 Å². The number of aromatic carboxylic acids is 1. The average molecular weight is 225 g/mol. The van der Waals surface area contributed by atoms with Crippen molar-refractivity contribution in [2.45, 2.75) is 0 Å². The number of benzene rings is 1. The van der Waals surface area contributed by atoms with Crippen LogP contribution in [0.2, 0.25) is 5.15 Å². The smallest absolute Gasteiger partial charge is 0.335 e. The number of carboxylic acids is 1. The van der Waals surface area contributed by atoms with Gasteiger partial charge in [0.1, 0.15) is 0 Å². The number of hydrogen-bond donors (Lipinski definition) is 2. The Morgan fingerprint density at radius 2 is 2.00 bits per heavy atom. The maximum atomic E-state index is 10.7. The predicted molar refractivity (Wildman–Crippen MR) is 53.2 cm³/mol. The summed E-state index contributed by atoms with van der Waals surface area (Å²) in [6, 6.07) is 4.17. The fourth-order valence-electron chi connectivity index (χ4n) is 1.24. The molecule has 6 heteroatoms. The molecule has 1 aromatic carbocycles. The van der Waals surface area contributed by atoms with Gasteiger partial charge in [0, 0.05) is 10.8 Å². The summed E-state index contributed by atoms with van der Waals surface area (Å²) in [5.74, 6) is -1.42. The molecule has 0 aliphatic carbocycles. The highest BCUT2D eigenvalue weighted by Crippen LogP contribution is 2.27. The SMILES string of the molecule is O=C(O)c1ccc2c(Cl)nnc(O)c2c1. The topological polar surface area (TPSA) is 83.3 Å². The number of aromatic nitrogens is 2. The fourth-order valence-corrected chi connectivity index (χ4v) is 1.44. The van der Waals surface area contributed by atoms with Gasteiger partial charge in [-0.2, -0.15) is 0 Å². The van der Waals surface area contributed by atoms with Crippen molar-refractivity contribution in [3.8, 4) is 5.88 Å². The van der Waals surface area contributed by atoms with Gasteiger partial charge in [-0.25, -0.2) is 4.79 Å². The van der Waals surface area contributed by atoms with Gasteiger partial charge >= 0.3 is 5.97 Å². The van der Waals surface area contributed by atoms with Gasteiger partial charge in [0.25, 0.3) is 0 Å². The van der Waals surface area contributed by atoms with Gasteiger partial charge in [-0.15, -0.1) is 10.2 Å². The molecule has 0 aliphatic heterocycles. The van der Waals surface area contributed by atoms with Crippen molar-refractivity contribution in [3.05, 3.63) is 28.9 Å². The van der Waals surface area contributed by atoms with Crippen LogP contribution in [0.15, 0.2) is 18.2 Å². The van der Waals surface area contributed by atoms with E-state index in [4.69, 9.17) is 16.7 Å². The number of nitrogens with zero attached hydrogens (tertiary/aromatic N) is 2. The molecule has 0 amide bonds. The Morgan fingerprint density at radius 1 is 1.27 bits per heavy atom. The molecule has 1 heterocycles. The van der Waals surface area contributed by atoms with Crippen LogP contribution in [0.4, 0.5) is 0 Å². The third kappa shape index (κ3) is 1.57. The highest BCUT2D eigenvalue weighted by Gasteiger charge is 2.10. The highest BCUT2D eigenvalue weighted by atomic mass is 35.5. The van der Waals surface area contributed by atoms with Crippen LogP contribution >= 0.6 is 11.6 Å². The molecule has 0 bridgehead atoms. The first-order valence-corrected chi connectivity index (χ1v) is 4.35. The van der Waals surface area contributed by atoms with Crippen LogP contribution in [-0.2, 0) is 0 Å². The number of carbonyl (C=O) groups is 1. The van der Waals surface area contributed by atoms with Crippen molar-refractivity contribution in [3.63, 3.8) is 0 Å². The Balaban J connectivity index is 2.81. The summed E-state index contributed by atoms with van der Waals surface area (Å²) in [5.41, 5.74) is 0.0573. The maximum absolute atomic E-state index is 10.7. The van der Waals surface area contributed by atoms with E-state index in [1.54, 1.807) is 0 Å². The highest BCUT2D eigenvalue weighted by molar-refractivity contribution is 6.34. The zero-order chi connectivity index (χ0) is 11.0. The van der Waals surface area contributed by atoms with Gasteiger partial charge in [-0.1, -0.05) is 17.7 Å². The first-order valence-electron chi connectivity index (χ1n) is 3.98. The van der Waals surface area contributed by atoms with E-state index in [2.05, 4.69) is 10.2 Å². The van der Waals surface area contributed by atoms with Crippen molar-refractivity contribution in [1.29, 1.82) is 0 Å². The molecule has 76 valence electrons. The van der Waals surface area contributed by atoms with Crippen LogP contribution in [-0.4, -0.2) is 26.4 Å². The second-order valence-electron chi connectivity index (χ2n) is 2.88. The third-order valence-electron chi connectivity index (χ3n) is 1.96. The molecule has 0 atom stereocenters. The third-order valence-corrected chi connectivity index (χ3v) is 2.24. The lowest BCUT2D eigenvalue weighted by atomic mass is 10.1. The number of rotatable bonds is 1. The summed E-state index contributed by atoms with van der Waals surface area (Å²) in [6.07, 6.45) is 0. The normalized spacial score (nSPS) is 10.5. The van der Waals surface area contributed by atoms with Gasteiger partial charge in [0.2, 0.25) is 5.88 Å². The monoisotopic (exact) mass is 224 g/mol. The van der Waals surface area contributed by atoms with Crippen LogP contribution in [0, 0.1) is 0 Å². The number of fused-ring (bicyclic) bond motifs is 1. The van der Waals surface area contributed by atoms with E-state index in [1.165, 1.54) is 18.2 Å². The molecular formula is C9H5ClN2O3. The zero-order valence-electron chi connectivity index (χ0n) is 7.31. The minimum absolute atomic E-state index is 0.0573. The maximum Gasteiger partial charge on any atom is 0.335 e. The molecule has 0 radical (unpaired) electrons.